The smallest absolute Gasteiger partial charge is 0.322 e. The molecule has 0 saturated carbocycles. The number of amides is 2. The summed E-state index contributed by atoms with van der Waals surface area (Å²) in [5.41, 5.74) is 2.40. The molecule has 1 aliphatic heterocycles. The maximum absolute atomic E-state index is 13.5. The number of fused-ring (bicyclic) bond motifs is 1. The van der Waals surface area contributed by atoms with Gasteiger partial charge in [-0.15, -0.1) is 0 Å². The number of carbonyl (C=O) groups is 1. The highest BCUT2D eigenvalue weighted by molar-refractivity contribution is 5.89. The van der Waals surface area contributed by atoms with Crippen LogP contribution in [0.1, 0.15) is 11.1 Å². The van der Waals surface area contributed by atoms with Gasteiger partial charge in [0.1, 0.15) is 5.75 Å². The molecule has 0 bridgehead atoms. The number of carbonyl (C=O) groups excluding carboxylic acids is 1. The normalized spacial score (nSPS) is 13.5. The van der Waals surface area contributed by atoms with Gasteiger partial charge in [-0.1, -0.05) is 6.07 Å². The number of urea groups is 1. The highest BCUT2D eigenvalue weighted by Gasteiger charge is 2.21. The molecule has 1 aromatic carbocycles. The van der Waals surface area contributed by atoms with Crippen molar-refractivity contribution in [2.45, 2.75) is 13.0 Å². The third-order valence-electron chi connectivity index (χ3n) is 3.73. The van der Waals surface area contributed by atoms with Gasteiger partial charge in [-0.2, -0.15) is 0 Å². The van der Waals surface area contributed by atoms with Crippen molar-refractivity contribution in [2.24, 2.45) is 0 Å². The summed E-state index contributed by atoms with van der Waals surface area (Å²) in [6.45, 7) is 1.07. The summed E-state index contributed by atoms with van der Waals surface area (Å²) in [5, 5.41) is 2.58. The summed E-state index contributed by atoms with van der Waals surface area (Å²) in [4.78, 5) is 17.6. The molecule has 1 N–H and O–H groups in total. The molecule has 0 spiro atoms. The Hall–Kier alpha value is -2.63. The third kappa shape index (κ3) is 2.86. The first-order valence-corrected chi connectivity index (χ1v) is 6.98. The van der Waals surface area contributed by atoms with Gasteiger partial charge in [-0.05, 0) is 35.7 Å². The first kappa shape index (κ1) is 14.3. The minimum absolute atomic E-state index is 0.136. The Morgan fingerprint density at radius 3 is 3.00 bits per heavy atom. The van der Waals surface area contributed by atoms with Crippen LogP contribution < -0.4 is 10.1 Å². The summed E-state index contributed by atoms with van der Waals surface area (Å²) in [5.74, 6) is 0.219. The van der Waals surface area contributed by atoms with Crippen LogP contribution in [0.4, 0.5) is 14.9 Å². The molecule has 0 aliphatic carbocycles. The highest BCUT2D eigenvalue weighted by Crippen LogP contribution is 2.24. The average Bonchev–Trinajstić information content (AvgIpc) is 2.55. The van der Waals surface area contributed by atoms with Gasteiger partial charge < -0.3 is 15.0 Å². The number of hydrogen-bond donors (Lipinski definition) is 1. The molecular weight excluding hydrogens is 285 g/mol. The van der Waals surface area contributed by atoms with Crippen molar-refractivity contribution in [3.63, 3.8) is 0 Å². The van der Waals surface area contributed by atoms with E-state index < -0.39 is 5.82 Å². The summed E-state index contributed by atoms with van der Waals surface area (Å²) in [7, 11) is 1.61. The zero-order chi connectivity index (χ0) is 15.5. The van der Waals surface area contributed by atoms with E-state index in [-0.39, 0.29) is 11.7 Å². The number of ether oxygens (including phenoxy) is 1. The predicted molar refractivity (Wildman–Crippen MR) is 80.3 cm³/mol. The maximum atomic E-state index is 13.5. The molecule has 3 rings (SSSR count). The van der Waals surface area contributed by atoms with Gasteiger partial charge in [0.05, 0.1) is 19.0 Å². The van der Waals surface area contributed by atoms with E-state index in [4.69, 9.17) is 4.74 Å². The van der Waals surface area contributed by atoms with Gasteiger partial charge in [0.15, 0.2) is 5.82 Å². The van der Waals surface area contributed by atoms with Crippen LogP contribution in [-0.2, 0) is 13.0 Å². The number of hydrogen-bond acceptors (Lipinski definition) is 3. The van der Waals surface area contributed by atoms with Crippen LogP contribution in [-0.4, -0.2) is 29.6 Å². The molecule has 0 atom stereocenters. The fraction of sp³-hybridized carbons (Fsp3) is 0.250. The Morgan fingerprint density at radius 1 is 1.36 bits per heavy atom. The Kier molecular flexibility index (Phi) is 3.91. The molecule has 0 saturated heterocycles. The number of anilines is 1. The molecule has 114 valence electrons. The van der Waals surface area contributed by atoms with Crippen molar-refractivity contribution in [3.05, 3.63) is 53.6 Å². The van der Waals surface area contributed by atoms with E-state index in [1.54, 1.807) is 12.0 Å². The lowest BCUT2D eigenvalue weighted by Gasteiger charge is -2.29. The topological polar surface area (TPSA) is 54.5 Å². The summed E-state index contributed by atoms with van der Waals surface area (Å²) in [6, 6.07) is 6.99. The molecule has 0 fully saturated rings. The van der Waals surface area contributed by atoms with Gasteiger partial charge in [0, 0.05) is 19.3 Å². The van der Waals surface area contributed by atoms with E-state index in [9.17, 15) is 9.18 Å². The van der Waals surface area contributed by atoms with E-state index in [1.807, 2.05) is 18.2 Å². The number of benzene rings is 1. The van der Waals surface area contributed by atoms with E-state index in [0.29, 0.717) is 13.1 Å². The minimum Gasteiger partial charge on any atom is -0.497 e. The maximum Gasteiger partial charge on any atom is 0.322 e. The van der Waals surface area contributed by atoms with Crippen molar-refractivity contribution >= 4 is 11.7 Å². The van der Waals surface area contributed by atoms with Gasteiger partial charge in [0.25, 0.3) is 0 Å². The van der Waals surface area contributed by atoms with Crippen molar-refractivity contribution < 1.29 is 13.9 Å². The lowest BCUT2D eigenvalue weighted by molar-refractivity contribution is 0.206. The molecule has 2 aromatic rings. The first-order chi connectivity index (χ1) is 10.7. The third-order valence-corrected chi connectivity index (χ3v) is 3.73. The number of halogens is 1. The largest absolute Gasteiger partial charge is 0.497 e. The first-order valence-electron chi connectivity index (χ1n) is 6.98. The van der Waals surface area contributed by atoms with Gasteiger partial charge in [0.2, 0.25) is 0 Å². The number of nitrogens with one attached hydrogen (secondary N) is 1. The Bertz CT molecular complexity index is 706. The lowest BCUT2D eigenvalue weighted by Crippen LogP contribution is -2.39. The number of methoxy groups -OCH3 is 1. The van der Waals surface area contributed by atoms with Crippen LogP contribution in [0.5, 0.6) is 5.75 Å². The molecule has 5 nitrogen and oxygen atoms in total. The Labute approximate surface area is 127 Å². The van der Waals surface area contributed by atoms with Crippen molar-refractivity contribution in [3.8, 4) is 5.75 Å². The molecule has 6 heteroatoms. The lowest BCUT2D eigenvalue weighted by atomic mass is 10.00. The standard InChI is InChI=1S/C16H16FN3O2/c1-22-13-3-2-11-5-7-20(10-12(11)8-13)16(21)19-15-4-6-18-9-14(15)17/h2-4,6,8-9H,5,7,10H2,1H3,(H,18,19,21). The second-order valence-electron chi connectivity index (χ2n) is 5.09. The monoisotopic (exact) mass is 301 g/mol. The highest BCUT2D eigenvalue weighted by atomic mass is 19.1. The zero-order valence-electron chi connectivity index (χ0n) is 12.2. The molecule has 2 heterocycles. The summed E-state index contributed by atoms with van der Waals surface area (Å²) >= 11 is 0. The minimum atomic E-state index is -0.546. The van der Waals surface area contributed by atoms with Crippen molar-refractivity contribution in [1.82, 2.24) is 9.88 Å². The van der Waals surface area contributed by atoms with Crippen LogP contribution >= 0.6 is 0 Å². The van der Waals surface area contributed by atoms with Crippen LogP contribution in [0.2, 0.25) is 0 Å². The van der Waals surface area contributed by atoms with Crippen LogP contribution in [0.25, 0.3) is 0 Å². The number of rotatable bonds is 2. The fourth-order valence-corrected chi connectivity index (χ4v) is 2.50. The second-order valence-corrected chi connectivity index (χ2v) is 5.09. The van der Waals surface area contributed by atoms with E-state index >= 15 is 0 Å². The number of aromatic nitrogens is 1. The Morgan fingerprint density at radius 2 is 2.23 bits per heavy atom. The SMILES string of the molecule is COc1ccc2c(c1)CN(C(=O)Nc1ccncc1F)CC2. The molecule has 2 amide bonds. The fourth-order valence-electron chi connectivity index (χ4n) is 2.50. The molecular formula is C16H16FN3O2. The van der Waals surface area contributed by atoms with E-state index in [1.165, 1.54) is 17.8 Å². The van der Waals surface area contributed by atoms with E-state index in [0.717, 1.165) is 23.9 Å². The average molecular weight is 301 g/mol. The quantitative estimate of drug-likeness (QED) is 0.928. The van der Waals surface area contributed by atoms with Crippen molar-refractivity contribution in [1.29, 1.82) is 0 Å². The van der Waals surface area contributed by atoms with Crippen LogP contribution in [0.15, 0.2) is 36.7 Å². The van der Waals surface area contributed by atoms with Gasteiger partial charge >= 0.3 is 6.03 Å². The number of pyridine rings is 1. The molecule has 22 heavy (non-hydrogen) atoms. The zero-order valence-corrected chi connectivity index (χ0v) is 12.2. The molecule has 1 aliphatic rings. The Balaban J connectivity index is 1.73. The van der Waals surface area contributed by atoms with E-state index in [2.05, 4.69) is 10.3 Å². The second kappa shape index (κ2) is 6.01. The summed E-state index contributed by atoms with van der Waals surface area (Å²) < 4.78 is 18.8. The van der Waals surface area contributed by atoms with Crippen LogP contribution in [0.3, 0.4) is 0 Å². The van der Waals surface area contributed by atoms with Gasteiger partial charge in [-0.3, -0.25) is 4.98 Å². The predicted octanol–water partition coefficient (Wildman–Crippen LogP) is 2.82. The number of nitrogens with zero attached hydrogens (tertiary/aromatic N) is 2. The molecule has 0 unspecified atom stereocenters. The van der Waals surface area contributed by atoms with Gasteiger partial charge in [-0.25, -0.2) is 9.18 Å². The molecule has 0 radical (unpaired) electrons. The summed E-state index contributed by atoms with van der Waals surface area (Å²) in [6.07, 6.45) is 3.28. The van der Waals surface area contributed by atoms with Crippen LogP contribution in [0, 0.1) is 5.82 Å². The molecule has 1 aromatic heterocycles. The van der Waals surface area contributed by atoms with Crippen molar-refractivity contribution in [2.75, 3.05) is 19.0 Å².